The maximum atomic E-state index is 4.15. The molecule has 0 aliphatic carbocycles. The number of hydrogen-bond acceptors (Lipinski definition) is 4. The van der Waals surface area contributed by atoms with Crippen LogP contribution in [0.2, 0.25) is 0 Å². The second-order valence-corrected chi connectivity index (χ2v) is 4.66. The van der Waals surface area contributed by atoms with Gasteiger partial charge in [0.25, 0.3) is 0 Å². The highest BCUT2D eigenvalue weighted by atomic mass is 15.3. The summed E-state index contributed by atoms with van der Waals surface area (Å²) in [5.41, 5.74) is 3.35. The zero-order chi connectivity index (χ0) is 14.5. The fourth-order valence-corrected chi connectivity index (χ4v) is 2.05. The van der Waals surface area contributed by atoms with E-state index in [0.29, 0.717) is 6.54 Å². The van der Waals surface area contributed by atoms with Crippen LogP contribution in [0.3, 0.4) is 0 Å². The van der Waals surface area contributed by atoms with Crippen molar-refractivity contribution >= 4 is 11.9 Å². The average Bonchev–Trinajstić information content (AvgIpc) is 3.17. The number of aromatic nitrogens is 5. The Balaban J connectivity index is 1.64. The first-order valence-corrected chi connectivity index (χ1v) is 6.64. The molecule has 2 heterocycles. The fourth-order valence-electron chi connectivity index (χ4n) is 2.05. The van der Waals surface area contributed by atoms with Gasteiger partial charge in [0.2, 0.25) is 0 Å². The van der Waals surface area contributed by atoms with Crippen LogP contribution in [0.5, 0.6) is 0 Å². The lowest BCUT2D eigenvalue weighted by Crippen LogP contribution is -2.02. The van der Waals surface area contributed by atoms with E-state index < -0.39 is 0 Å². The predicted octanol–water partition coefficient (Wildman–Crippen LogP) is 2.24. The first kappa shape index (κ1) is 13.1. The molecule has 106 valence electrons. The molecule has 6 nitrogen and oxygen atoms in total. The van der Waals surface area contributed by atoms with Gasteiger partial charge >= 0.3 is 0 Å². The van der Waals surface area contributed by atoms with Crippen LogP contribution in [-0.2, 0) is 13.1 Å². The summed E-state index contributed by atoms with van der Waals surface area (Å²) in [6.07, 6.45) is 8.69. The first-order valence-electron chi connectivity index (χ1n) is 6.64. The summed E-state index contributed by atoms with van der Waals surface area (Å²) in [7, 11) is 0. The minimum atomic E-state index is 0.712. The Bertz CT molecular complexity index is 713. The monoisotopic (exact) mass is 280 g/mol. The molecule has 6 heteroatoms. The largest absolute Gasteiger partial charge is 0.381 e. The number of benzene rings is 1. The zero-order valence-corrected chi connectivity index (χ0v) is 11.6. The lowest BCUT2D eigenvalue weighted by Gasteiger charge is -2.07. The van der Waals surface area contributed by atoms with Gasteiger partial charge < -0.3 is 5.32 Å². The Morgan fingerprint density at radius 3 is 2.95 bits per heavy atom. The van der Waals surface area contributed by atoms with Crippen LogP contribution in [0, 0.1) is 0 Å². The van der Waals surface area contributed by atoms with Crippen LogP contribution in [0.25, 0.3) is 6.20 Å². The minimum absolute atomic E-state index is 0.712. The number of nitrogens with one attached hydrogen (secondary N) is 1. The SMILES string of the molecule is C=Cn1cc(CNc2cccc(Cn3cncn3)c2)cn1. The van der Waals surface area contributed by atoms with Gasteiger partial charge in [-0.1, -0.05) is 18.7 Å². The number of hydrogen-bond donors (Lipinski definition) is 1. The van der Waals surface area contributed by atoms with Gasteiger partial charge in [0.1, 0.15) is 12.7 Å². The molecule has 3 aromatic rings. The third-order valence-electron chi connectivity index (χ3n) is 3.08. The smallest absolute Gasteiger partial charge is 0.137 e. The molecule has 0 unspecified atom stereocenters. The molecule has 0 aliphatic rings. The van der Waals surface area contributed by atoms with Crippen LogP contribution in [-0.4, -0.2) is 24.5 Å². The average molecular weight is 280 g/mol. The summed E-state index contributed by atoms with van der Waals surface area (Å²) in [5.74, 6) is 0. The third-order valence-corrected chi connectivity index (χ3v) is 3.08. The van der Waals surface area contributed by atoms with E-state index >= 15 is 0 Å². The van der Waals surface area contributed by atoms with Gasteiger partial charge in [-0.15, -0.1) is 0 Å². The van der Waals surface area contributed by atoms with Crippen molar-refractivity contribution in [2.45, 2.75) is 13.1 Å². The molecule has 2 aromatic heterocycles. The second kappa shape index (κ2) is 6.04. The molecule has 0 bridgehead atoms. The fraction of sp³-hybridized carbons (Fsp3) is 0.133. The van der Waals surface area contributed by atoms with E-state index in [0.717, 1.165) is 17.8 Å². The van der Waals surface area contributed by atoms with E-state index in [4.69, 9.17) is 0 Å². The molecule has 1 N–H and O–H groups in total. The van der Waals surface area contributed by atoms with E-state index in [2.05, 4.69) is 39.2 Å². The molecule has 21 heavy (non-hydrogen) atoms. The molecule has 0 atom stereocenters. The Labute approximate surface area is 122 Å². The van der Waals surface area contributed by atoms with Gasteiger partial charge in [-0.05, 0) is 17.7 Å². The van der Waals surface area contributed by atoms with Crippen molar-refractivity contribution in [3.8, 4) is 0 Å². The van der Waals surface area contributed by atoms with Crippen LogP contribution in [0.15, 0.2) is 55.9 Å². The molecule has 0 spiro atoms. The van der Waals surface area contributed by atoms with Crippen molar-refractivity contribution in [2.75, 3.05) is 5.32 Å². The highest BCUT2D eigenvalue weighted by Crippen LogP contribution is 2.13. The first-order chi connectivity index (χ1) is 10.3. The highest BCUT2D eigenvalue weighted by Gasteiger charge is 2.00. The van der Waals surface area contributed by atoms with Crippen LogP contribution >= 0.6 is 0 Å². The van der Waals surface area contributed by atoms with E-state index in [1.807, 2.05) is 24.5 Å². The molecular formula is C15H16N6. The van der Waals surface area contributed by atoms with E-state index in [1.54, 1.807) is 28.2 Å². The number of rotatable bonds is 6. The molecule has 0 radical (unpaired) electrons. The van der Waals surface area contributed by atoms with Crippen LogP contribution in [0.4, 0.5) is 5.69 Å². The normalized spacial score (nSPS) is 10.5. The van der Waals surface area contributed by atoms with Gasteiger partial charge in [-0.2, -0.15) is 10.2 Å². The predicted molar refractivity (Wildman–Crippen MR) is 81.5 cm³/mol. The Hall–Kier alpha value is -2.89. The van der Waals surface area contributed by atoms with Gasteiger partial charge in [0.05, 0.1) is 12.7 Å². The van der Waals surface area contributed by atoms with Crippen molar-refractivity contribution in [1.29, 1.82) is 0 Å². The summed E-state index contributed by atoms with van der Waals surface area (Å²) in [5, 5.41) is 11.7. The molecule has 1 aromatic carbocycles. The van der Waals surface area contributed by atoms with E-state index in [9.17, 15) is 0 Å². The zero-order valence-electron chi connectivity index (χ0n) is 11.6. The van der Waals surface area contributed by atoms with Crippen molar-refractivity contribution in [1.82, 2.24) is 24.5 Å². The van der Waals surface area contributed by atoms with Gasteiger partial charge in [0.15, 0.2) is 0 Å². The van der Waals surface area contributed by atoms with Gasteiger partial charge in [-0.3, -0.25) is 0 Å². The summed E-state index contributed by atoms with van der Waals surface area (Å²) in [4.78, 5) is 3.95. The summed E-state index contributed by atoms with van der Waals surface area (Å²) < 4.78 is 3.49. The quantitative estimate of drug-likeness (QED) is 0.752. The lowest BCUT2D eigenvalue weighted by molar-refractivity contribution is 0.685. The highest BCUT2D eigenvalue weighted by molar-refractivity contribution is 5.46. The second-order valence-electron chi connectivity index (χ2n) is 4.66. The van der Waals surface area contributed by atoms with Crippen molar-refractivity contribution < 1.29 is 0 Å². The Morgan fingerprint density at radius 2 is 2.19 bits per heavy atom. The van der Waals surface area contributed by atoms with Crippen LogP contribution < -0.4 is 5.32 Å². The van der Waals surface area contributed by atoms with Crippen molar-refractivity contribution in [2.24, 2.45) is 0 Å². The molecule has 0 amide bonds. The summed E-state index contributed by atoms with van der Waals surface area (Å²) in [6, 6.07) is 8.26. The van der Waals surface area contributed by atoms with Crippen molar-refractivity contribution in [3.05, 3.63) is 67.0 Å². The topological polar surface area (TPSA) is 60.6 Å². The Morgan fingerprint density at radius 1 is 1.24 bits per heavy atom. The van der Waals surface area contributed by atoms with E-state index in [-0.39, 0.29) is 0 Å². The molecule has 0 saturated heterocycles. The molecule has 0 saturated carbocycles. The van der Waals surface area contributed by atoms with Crippen LogP contribution in [0.1, 0.15) is 11.1 Å². The standard InChI is InChI=1S/C15H16N6/c1-2-20-10-14(8-18-20)7-17-15-5-3-4-13(6-15)9-21-12-16-11-19-21/h2-6,8,10-12,17H,1,7,9H2. The minimum Gasteiger partial charge on any atom is -0.381 e. The molecule has 0 fully saturated rings. The Kier molecular flexibility index (Phi) is 3.77. The molecule has 3 rings (SSSR count). The maximum absolute atomic E-state index is 4.15. The molecular weight excluding hydrogens is 264 g/mol. The van der Waals surface area contributed by atoms with Crippen molar-refractivity contribution in [3.63, 3.8) is 0 Å². The van der Waals surface area contributed by atoms with E-state index in [1.165, 1.54) is 5.56 Å². The summed E-state index contributed by atoms with van der Waals surface area (Å²) in [6.45, 7) is 5.11. The van der Waals surface area contributed by atoms with Gasteiger partial charge in [0, 0.05) is 30.2 Å². The summed E-state index contributed by atoms with van der Waals surface area (Å²) >= 11 is 0. The number of nitrogens with zero attached hydrogens (tertiary/aromatic N) is 5. The molecule has 0 aliphatic heterocycles. The number of anilines is 1. The lowest BCUT2D eigenvalue weighted by atomic mass is 10.2. The van der Waals surface area contributed by atoms with Gasteiger partial charge in [-0.25, -0.2) is 14.3 Å². The third kappa shape index (κ3) is 3.36. The maximum Gasteiger partial charge on any atom is 0.137 e.